The maximum Gasteiger partial charge on any atom is 0.255 e. The summed E-state index contributed by atoms with van der Waals surface area (Å²) in [6, 6.07) is 12.0. The summed E-state index contributed by atoms with van der Waals surface area (Å²) in [7, 11) is 0. The highest BCUT2D eigenvalue weighted by Gasteiger charge is 2.35. The molecule has 6 nitrogen and oxygen atoms in total. The lowest BCUT2D eigenvalue weighted by atomic mass is 10.1. The van der Waals surface area contributed by atoms with E-state index in [2.05, 4.69) is 10.6 Å². The quantitative estimate of drug-likeness (QED) is 0.832. The molecule has 3 rings (SSSR count). The van der Waals surface area contributed by atoms with E-state index in [1.54, 1.807) is 29.2 Å². The molecule has 0 aromatic heterocycles. The smallest absolute Gasteiger partial charge is 0.255 e. The summed E-state index contributed by atoms with van der Waals surface area (Å²) < 4.78 is 12.9. The van der Waals surface area contributed by atoms with Gasteiger partial charge in [0.25, 0.3) is 5.91 Å². The zero-order chi connectivity index (χ0) is 20.3. The molecular formula is C21H22FN3O3. The van der Waals surface area contributed by atoms with Crippen molar-refractivity contribution < 1.29 is 18.8 Å². The zero-order valence-electron chi connectivity index (χ0n) is 15.7. The van der Waals surface area contributed by atoms with Gasteiger partial charge in [0, 0.05) is 35.9 Å². The molecule has 0 spiro atoms. The number of halogens is 1. The number of carbonyl (C=O) groups excluding carboxylic acids is 3. The Bertz CT molecular complexity index is 879. The number of likely N-dealkylation sites (tertiary alicyclic amines) is 1. The second-order valence-electron chi connectivity index (χ2n) is 7.07. The highest BCUT2D eigenvalue weighted by molar-refractivity contribution is 6.04. The van der Waals surface area contributed by atoms with Crippen molar-refractivity contribution in [1.29, 1.82) is 0 Å². The minimum absolute atomic E-state index is 0.0111. The van der Waals surface area contributed by atoms with Crippen LogP contribution in [0.3, 0.4) is 0 Å². The zero-order valence-corrected chi connectivity index (χ0v) is 15.7. The van der Waals surface area contributed by atoms with E-state index < -0.39 is 0 Å². The maximum atomic E-state index is 12.9. The maximum absolute atomic E-state index is 12.9. The van der Waals surface area contributed by atoms with Gasteiger partial charge in [-0.1, -0.05) is 0 Å². The van der Waals surface area contributed by atoms with Gasteiger partial charge in [-0.15, -0.1) is 0 Å². The highest BCUT2D eigenvalue weighted by Crippen LogP contribution is 2.22. The van der Waals surface area contributed by atoms with Crippen LogP contribution < -0.4 is 10.6 Å². The molecule has 146 valence electrons. The van der Waals surface area contributed by atoms with Gasteiger partial charge in [-0.25, -0.2) is 4.39 Å². The highest BCUT2D eigenvalue weighted by atomic mass is 19.1. The fourth-order valence-electron chi connectivity index (χ4n) is 3.09. The Morgan fingerprint density at radius 3 is 2.14 bits per heavy atom. The molecule has 1 atom stereocenters. The third-order valence-electron chi connectivity index (χ3n) is 4.67. The van der Waals surface area contributed by atoms with E-state index in [0.29, 0.717) is 23.5 Å². The van der Waals surface area contributed by atoms with Crippen molar-refractivity contribution in [2.45, 2.75) is 26.3 Å². The summed E-state index contributed by atoms with van der Waals surface area (Å²) in [5.41, 5.74) is 1.45. The predicted molar refractivity (Wildman–Crippen MR) is 104 cm³/mol. The lowest BCUT2D eigenvalue weighted by molar-refractivity contribution is -0.129. The molecule has 0 bridgehead atoms. The minimum Gasteiger partial charge on any atom is -0.339 e. The van der Waals surface area contributed by atoms with Gasteiger partial charge in [0.15, 0.2) is 0 Å². The Labute approximate surface area is 162 Å². The first-order valence-corrected chi connectivity index (χ1v) is 9.11. The molecule has 2 aromatic rings. The van der Waals surface area contributed by atoms with Crippen LogP contribution in [-0.2, 0) is 9.59 Å². The van der Waals surface area contributed by atoms with Gasteiger partial charge in [0.05, 0.1) is 5.92 Å². The summed E-state index contributed by atoms with van der Waals surface area (Å²) in [4.78, 5) is 38.3. The molecule has 3 amide bonds. The van der Waals surface area contributed by atoms with Crippen molar-refractivity contribution in [3.05, 3.63) is 59.9 Å². The molecule has 1 aliphatic rings. The topological polar surface area (TPSA) is 78.5 Å². The van der Waals surface area contributed by atoms with Crippen LogP contribution in [0.4, 0.5) is 15.8 Å². The summed E-state index contributed by atoms with van der Waals surface area (Å²) in [5.74, 6) is -1.31. The number of amides is 3. The van der Waals surface area contributed by atoms with Crippen molar-refractivity contribution >= 4 is 29.1 Å². The molecule has 1 saturated heterocycles. The normalized spacial score (nSPS) is 16.4. The fraction of sp³-hybridized carbons (Fsp3) is 0.286. The standard InChI is InChI=1S/C21H22FN3O3/c1-13(2)25-12-15(11-19(25)26)21(28)24-17-7-3-14(4-8-17)20(27)23-18-9-5-16(22)6-10-18/h3-10,13,15H,11-12H2,1-2H3,(H,23,27)(H,24,28). The number of nitrogens with zero attached hydrogens (tertiary/aromatic N) is 1. The largest absolute Gasteiger partial charge is 0.339 e. The van der Waals surface area contributed by atoms with Crippen LogP contribution in [-0.4, -0.2) is 35.2 Å². The fourth-order valence-corrected chi connectivity index (χ4v) is 3.09. The molecule has 0 saturated carbocycles. The minimum atomic E-state index is -0.378. The Morgan fingerprint density at radius 1 is 1.00 bits per heavy atom. The van der Waals surface area contributed by atoms with E-state index in [1.165, 1.54) is 24.3 Å². The molecule has 7 heteroatoms. The van der Waals surface area contributed by atoms with Crippen molar-refractivity contribution in [2.24, 2.45) is 5.92 Å². The average Bonchev–Trinajstić information content (AvgIpc) is 3.06. The summed E-state index contributed by atoms with van der Waals surface area (Å²) >= 11 is 0. The van der Waals surface area contributed by atoms with E-state index in [4.69, 9.17) is 0 Å². The number of rotatable bonds is 5. The molecule has 1 heterocycles. The van der Waals surface area contributed by atoms with Crippen LogP contribution in [0.5, 0.6) is 0 Å². The van der Waals surface area contributed by atoms with Crippen LogP contribution in [0.15, 0.2) is 48.5 Å². The Balaban J connectivity index is 1.58. The van der Waals surface area contributed by atoms with Crippen LogP contribution >= 0.6 is 0 Å². The monoisotopic (exact) mass is 383 g/mol. The summed E-state index contributed by atoms with van der Waals surface area (Å²) in [6.07, 6.45) is 0.210. The third-order valence-corrected chi connectivity index (χ3v) is 4.67. The lowest BCUT2D eigenvalue weighted by Crippen LogP contribution is -2.33. The Morgan fingerprint density at radius 2 is 1.57 bits per heavy atom. The first-order chi connectivity index (χ1) is 13.3. The first-order valence-electron chi connectivity index (χ1n) is 9.11. The average molecular weight is 383 g/mol. The molecule has 2 N–H and O–H groups in total. The van der Waals surface area contributed by atoms with E-state index in [1.807, 2.05) is 13.8 Å². The number of hydrogen-bond acceptors (Lipinski definition) is 3. The number of nitrogens with one attached hydrogen (secondary N) is 2. The van der Waals surface area contributed by atoms with Crippen molar-refractivity contribution in [3.63, 3.8) is 0 Å². The van der Waals surface area contributed by atoms with Crippen LogP contribution in [0.1, 0.15) is 30.6 Å². The number of hydrogen-bond donors (Lipinski definition) is 2. The van der Waals surface area contributed by atoms with Crippen molar-refractivity contribution in [1.82, 2.24) is 4.90 Å². The van der Waals surface area contributed by atoms with Gasteiger partial charge in [-0.05, 0) is 62.4 Å². The van der Waals surface area contributed by atoms with Gasteiger partial charge in [-0.2, -0.15) is 0 Å². The van der Waals surface area contributed by atoms with Crippen molar-refractivity contribution in [3.8, 4) is 0 Å². The summed E-state index contributed by atoms with van der Waals surface area (Å²) in [6.45, 7) is 4.27. The molecule has 2 aromatic carbocycles. The van der Waals surface area contributed by atoms with Gasteiger partial charge in [-0.3, -0.25) is 14.4 Å². The van der Waals surface area contributed by atoms with Crippen LogP contribution in [0, 0.1) is 11.7 Å². The molecular weight excluding hydrogens is 361 g/mol. The second-order valence-corrected chi connectivity index (χ2v) is 7.07. The predicted octanol–water partition coefficient (Wildman–Crippen LogP) is 3.27. The Hall–Kier alpha value is -3.22. The van der Waals surface area contributed by atoms with Gasteiger partial charge < -0.3 is 15.5 Å². The first kappa shape index (κ1) is 19.5. The van der Waals surface area contributed by atoms with E-state index in [0.717, 1.165) is 0 Å². The third kappa shape index (κ3) is 4.54. The van der Waals surface area contributed by atoms with Crippen LogP contribution in [0.25, 0.3) is 0 Å². The lowest BCUT2D eigenvalue weighted by Gasteiger charge is -2.20. The molecule has 28 heavy (non-hydrogen) atoms. The van der Waals surface area contributed by atoms with E-state index in [-0.39, 0.29) is 41.9 Å². The number of anilines is 2. The van der Waals surface area contributed by atoms with Gasteiger partial charge >= 0.3 is 0 Å². The van der Waals surface area contributed by atoms with E-state index in [9.17, 15) is 18.8 Å². The molecule has 0 aliphatic carbocycles. The molecule has 0 radical (unpaired) electrons. The SMILES string of the molecule is CC(C)N1CC(C(=O)Nc2ccc(C(=O)Nc3ccc(F)cc3)cc2)CC1=O. The van der Waals surface area contributed by atoms with Crippen molar-refractivity contribution in [2.75, 3.05) is 17.2 Å². The number of carbonyl (C=O) groups is 3. The Kier molecular flexibility index (Phi) is 5.73. The van der Waals surface area contributed by atoms with Crippen LogP contribution in [0.2, 0.25) is 0 Å². The van der Waals surface area contributed by atoms with E-state index >= 15 is 0 Å². The molecule has 1 fully saturated rings. The molecule has 1 unspecified atom stereocenters. The number of benzene rings is 2. The van der Waals surface area contributed by atoms with Gasteiger partial charge in [0.2, 0.25) is 11.8 Å². The van der Waals surface area contributed by atoms with Gasteiger partial charge in [0.1, 0.15) is 5.82 Å². The summed E-state index contributed by atoms with van der Waals surface area (Å²) in [5, 5.41) is 5.47. The second kappa shape index (κ2) is 8.21. The molecule has 1 aliphatic heterocycles.